The van der Waals surface area contributed by atoms with Gasteiger partial charge in [0.25, 0.3) is 5.91 Å². The van der Waals surface area contributed by atoms with Gasteiger partial charge in [0.1, 0.15) is 11.9 Å². The Kier molecular flexibility index (Phi) is 5.99. The molecule has 0 fully saturated rings. The number of amides is 1. The summed E-state index contributed by atoms with van der Waals surface area (Å²) >= 11 is 5.95. The Morgan fingerprint density at radius 3 is 2.76 bits per heavy atom. The van der Waals surface area contributed by atoms with E-state index in [4.69, 9.17) is 11.6 Å². The van der Waals surface area contributed by atoms with Crippen LogP contribution in [0.2, 0.25) is 5.02 Å². The van der Waals surface area contributed by atoms with E-state index in [1.165, 1.54) is 26.2 Å². The molecule has 0 bridgehead atoms. The molecule has 8 nitrogen and oxygen atoms in total. The summed E-state index contributed by atoms with van der Waals surface area (Å²) in [5.41, 5.74) is 1.02. The summed E-state index contributed by atoms with van der Waals surface area (Å²) in [5.74, 6) is -0.491. The number of rotatable bonds is 7. The number of hydrogen-bond donors (Lipinski definition) is 3. The lowest BCUT2D eigenvalue weighted by molar-refractivity contribution is -0.00177. The number of nitrogens with zero attached hydrogens (tertiary/aromatic N) is 4. The molecule has 1 atom stereocenters. The molecule has 0 spiro atoms. The van der Waals surface area contributed by atoms with Crippen molar-refractivity contribution in [3.63, 3.8) is 0 Å². The molecule has 0 aliphatic carbocycles. The normalized spacial score (nSPS) is 12.8. The summed E-state index contributed by atoms with van der Waals surface area (Å²) in [6.07, 6.45) is 2.93. The Hall–Kier alpha value is -2.78. The first-order valence-corrected chi connectivity index (χ1v) is 9.46. The summed E-state index contributed by atoms with van der Waals surface area (Å²) in [6, 6.07) is 3.39. The molecular weight excluding hydrogens is 399 g/mol. The van der Waals surface area contributed by atoms with Crippen LogP contribution in [-0.2, 0) is 0 Å². The third kappa shape index (κ3) is 4.63. The topological polar surface area (TPSA) is 104 Å². The monoisotopic (exact) mass is 420 g/mol. The number of carbonyl (C=O) groups is 1. The summed E-state index contributed by atoms with van der Waals surface area (Å²) in [5, 5.41) is 20.0. The van der Waals surface area contributed by atoms with Gasteiger partial charge in [-0.05, 0) is 26.8 Å². The van der Waals surface area contributed by atoms with E-state index in [-0.39, 0.29) is 12.1 Å². The number of anilines is 1. The maximum atomic E-state index is 13.9. The van der Waals surface area contributed by atoms with Crippen LogP contribution < -0.4 is 10.6 Å². The molecule has 3 rings (SSSR count). The largest absolute Gasteiger partial charge is 0.387 e. The van der Waals surface area contributed by atoms with Crippen LogP contribution in [0, 0.1) is 0 Å². The van der Waals surface area contributed by atoms with Gasteiger partial charge in [-0.25, -0.2) is 13.9 Å². The van der Waals surface area contributed by atoms with Gasteiger partial charge in [0.05, 0.1) is 46.5 Å². The summed E-state index contributed by atoms with van der Waals surface area (Å²) in [7, 11) is 0. The Labute approximate surface area is 172 Å². The van der Waals surface area contributed by atoms with Crippen LogP contribution in [0.15, 0.2) is 30.7 Å². The van der Waals surface area contributed by atoms with Gasteiger partial charge >= 0.3 is 0 Å². The minimum absolute atomic E-state index is 0.267. The molecule has 0 unspecified atom stereocenters. The number of nitrogens with one attached hydrogen (secondary N) is 2. The van der Waals surface area contributed by atoms with E-state index in [9.17, 15) is 14.3 Å². The lowest BCUT2D eigenvalue weighted by Crippen LogP contribution is -2.42. The van der Waals surface area contributed by atoms with Gasteiger partial charge in [0, 0.05) is 18.8 Å². The smallest absolute Gasteiger partial charge is 0.255 e. The number of fused-ring (bicyclic) bond motifs is 1. The highest BCUT2D eigenvalue weighted by Crippen LogP contribution is 2.25. The highest BCUT2D eigenvalue weighted by atomic mass is 35.5. The Bertz CT molecular complexity index is 1030. The van der Waals surface area contributed by atoms with Gasteiger partial charge < -0.3 is 15.7 Å². The number of carbonyl (C=O) groups excluding carboxylic acids is 1. The number of hydrogen-bond acceptors (Lipinski definition) is 6. The van der Waals surface area contributed by atoms with Gasteiger partial charge in [-0.3, -0.25) is 9.78 Å². The van der Waals surface area contributed by atoms with Gasteiger partial charge in [-0.2, -0.15) is 5.10 Å². The predicted octanol–water partition coefficient (Wildman–Crippen LogP) is 2.72. The fourth-order valence-corrected chi connectivity index (χ4v) is 2.81. The van der Waals surface area contributed by atoms with Crippen LogP contribution in [0.25, 0.3) is 17.0 Å². The molecule has 0 aliphatic rings. The van der Waals surface area contributed by atoms with E-state index in [0.717, 1.165) is 0 Å². The minimum atomic E-state index is -1.60. The standard InChI is InChI=1S/C19H22ClFN6O2/c1-4-22-13-6-14(15-9-24-17-5-11(20)7-26-27(15)17)23-8-12(13)18(28)25-10-16(21)19(2,3)29/h5-9,16,29H,4,10H2,1-3H3,(H,22,23)(H,25,28)/t16-/m1/s1. The lowest BCUT2D eigenvalue weighted by Gasteiger charge is -2.22. The average molecular weight is 421 g/mol. The zero-order valence-corrected chi connectivity index (χ0v) is 17.0. The number of aromatic nitrogens is 4. The number of aliphatic hydroxyl groups is 1. The van der Waals surface area contributed by atoms with Crippen molar-refractivity contribution in [2.75, 3.05) is 18.4 Å². The van der Waals surface area contributed by atoms with Gasteiger partial charge in [0.2, 0.25) is 0 Å². The van der Waals surface area contributed by atoms with E-state index in [0.29, 0.717) is 34.3 Å². The molecule has 0 aliphatic heterocycles. The molecule has 154 valence electrons. The quantitative estimate of drug-likeness (QED) is 0.543. The number of halogens is 2. The summed E-state index contributed by atoms with van der Waals surface area (Å²) in [6.45, 7) is 4.85. The third-order valence-electron chi connectivity index (χ3n) is 4.31. The molecular formula is C19H22ClFN6O2. The minimum Gasteiger partial charge on any atom is -0.387 e. The predicted molar refractivity (Wildman–Crippen MR) is 109 cm³/mol. The number of pyridine rings is 1. The van der Waals surface area contributed by atoms with E-state index in [1.807, 2.05) is 6.92 Å². The first-order valence-electron chi connectivity index (χ1n) is 9.09. The molecule has 0 aromatic carbocycles. The van der Waals surface area contributed by atoms with Crippen molar-refractivity contribution < 1.29 is 14.3 Å². The maximum Gasteiger partial charge on any atom is 0.255 e. The fourth-order valence-electron chi connectivity index (χ4n) is 2.67. The van der Waals surface area contributed by atoms with Crippen molar-refractivity contribution in [1.82, 2.24) is 24.9 Å². The molecule has 1 amide bonds. The van der Waals surface area contributed by atoms with Gasteiger partial charge in [0.15, 0.2) is 5.65 Å². The second kappa shape index (κ2) is 8.30. The average Bonchev–Trinajstić information content (AvgIpc) is 3.08. The van der Waals surface area contributed by atoms with Crippen LogP contribution >= 0.6 is 11.6 Å². The van der Waals surface area contributed by atoms with Crippen molar-refractivity contribution in [2.45, 2.75) is 32.5 Å². The second-order valence-electron chi connectivity index (χ2n) is 7.06. The molecule has 3 aromatic rings. The van der Waals surface area contributed by atoms with Crippen LogP contribution in [0.3, 0.4) is 0 Å². The second-order valence-corrected chi connectivity index (χ2v) is 7.50. The molecule has 0 saturated heterocycles. The zero-order chi connectivity index (χ0) is 21.2. The Morgan fingerprint density at radius 2 is 2.07 bits per heavy atom. The molecule has 0 radical (unpaired) electrons. The van der Waals surface area contributed by atoms with E-state index in [1.54, 1.807) is 22.8 Å². The third-order valence-corrected chi connectivity index (χ3v) is 4.52. The van der Waals surface area contributed by atoms with Crippen molar-refractivity contribution in [2.24, 2.45) is 0 Å². The van der Waals surface area contributed by atoms with Crippen molar-refractivity contribution in [3.05, 3.63) is 41.3 Å². The van der Waals surface area contributed by atoms with Crippen LogP contribution in [0.4, 0.5) is 10.1 Å². The van der Waals surface area contributed by atoms with Crippen LogP contribution in [0.5, 0.6) is 0 Å². The molecule has 3 heterocycles. The molecule has 0 saturated carbocycles. The molecule has 10 heteroatoms. The SMILES string of the molecule is CCNc1cc(-c2cnc3cc(Cl)cnn23)ncc1C(=O)NC[C@@H](F)C(C)(C)O. The molecule has 3 aromatic heterocycles. The first-order chi connectivity index (χ1) is 13.7. The highest BCUT2D eigenvalue weighted by Gasteiger charge is 2.27. The highest BCUT2D eigenvalue weighted by molar-refractivity contribution is 6.30. The van der Waals surface area contributed by atoms with Crippen LogP contribution in [-0.4, -0.2) is 55.5 Å². The van der Waals surface area contributed by atoms with E-state index < -0.39 is 17.7 Å². The molecule has 29 heavy (non-hydrogen) atoms. The van der Waals surface area contributed by atoms with Crippen LogP contribution in [0.1, 0.15) is 31.1 Å². The van der Waals surface area contributed by atoms with Crippen molar-refractivity contribution in [3.8, 4) is 11.4 Å². The number of alkyl halides is 1. The summed E-state index contributed by atoms with van der Waals surface area (Å²) in [4.78, 5) is 21.2. The van der Waals surface area contributed by atoms with Gasteiger partial charge in [-0.15, -0.1) is 0 Å². The van der Waals surface area contributed by atoms with E-state index >= 15 is 0 Å². The Morgan fingerprint density at radius 1 is 1.31 bits per heavy atom. The first kappa shape index (κ1) is 20.9. The van der Waals surface area contributed by atoms with Crippen molar-refractivity contribution >= 4 is 28.8 Å². The lowest BCUT2D eigenvalue weighted by atomic mass is 10.0. The number of imidazole rings is 1. The maximum absolute atomic E-state index is 13.9. The molecule has 3 N–H and O–H groups in total. The van der Waals surface area contributed by atoms with Gasteiger partial charge in [-0.1, -0.05) is 11.6 Å². The van der Waals surface area contributed by atoms with E-state index in [2.05, 4.69) is 25.7 Å². The fraction of sp³-hybridized carbons (Fsp3) is 0.368. The zero-order valence-electron chi connectivity index (χ0n) is 16.3. The Balaban J connectivity index is 1.89. The van der Waals surface area contributed by atoms with Crippen molar-refractivity contribution in [1.29, 1.82) is 0 Å². The summed E-state index contributed by atoms with van der Waals surface area (Å²) < 4.78 is 15.5.